The SMILES string of the molecule is CCC(C)C(C)NCCN1CCN(C)CC1. The minimum Gasteiger partial charge on any atom is -0.313 e. The molecule has 0 saturated carbocycles. The Hall–Kier alpha value is -0.120. The van der Waals surface area contributed by atoms with Crippen LogP contribution in [0.5, 0.6) is 0 Å². The first-order chi connectivity index (χ1) is 7.63. The molecule has 0 aliphatic carbocycles. The summed E-state index contributed by atoms with van der Waals surface area (Å²) < 4.78 is 0. The van der Waals surface area contributed by atoms with Gasteiger partial charge < -0.3 is 10.2 Å². The van der Waals surface area contributed by atoms with Gasteiger partial charge in [-0.1, -0.05) is 20.3 Å². The van der Waals surface area contributed by atoms with Crippen LogP contribution in [0, 0.1) is 5.92 Å². The van der Waals surface area contributed by atoms with Crippen molar-refractivity contribution in [3.05, 3.63) is 0 Å². The van der Waals surface area contributed by atoms with Crippen molar-refractivity contribution in [1.82, 2.24) is 15.1 Å². The van der Waals surface area contributed by atoms with Crippen molar-refractivity contribution < 1.29 is 0 Å². The molecule has 1 saturated heterocycles. The number of rotatable bonds is 6. The monoisotopic (exact) mass is 227 g/mol. The molecule has 1 aliphatic heterocycles. The summed E-state index contributed by atoms with van der Waals surface area (Å²) in [6.07, 6.45) is 1.27. The summed E-state index contributed by atoms with van der Waals surface area (Å²) in [7, 11) is 2.21. The molecular formula is C13H29N3. The van der Waals surface area contributed by atoms with E-state index in [1.807, 2.05) is 0 Å². The molecule has 1 rings (SSSR count). The van der Waals surface area contributed by atoms with Gasteiger partial charge in [-0.25, -0.2) is 0 Å². The highest BCUT2D eigenvalue weighted by Gasteiger charge is 2.14. The highest BCUT2D eigenvalue weighted by atomic mass is 15.2. The fourth-order valence-corrected chi connectivity index (χ4v) is 2.08. The summed E-state index contributed by atoms with van der Waals surface area (Å²) in [4.78, 5) is 4.97. The average molecular weight is 227 g/mol. The Morgan fingerprint density at radius 3 is 2.31 bits per heavy atom. The summed E-state index contributed by atoms with van der Waals surface area (Å²) >= 11 is 0. The van der Waals surface area contributed by atoms with E-state index in [0.717, 1.165) is 12.5 Å². The van der Waals surface area contributed by atoms with Crippen molar-refractivity contribution in [3.8, 4) is 0 Å². The van der Waals surface area contributed by atoms with E-state index in [4.69, 9.17) is 0 Å². The lowest BCUT2D eigenvalue weighted by Crippen LogP contribution is -2.47. The zero-order valence-electron chi connectivity index (χ0n) is 11.5. The molecule has 0 aromatic heterocycles. The Kier molecular flexibility index (Phi) is 6.32. The Labute approximate surface area is 101 Å². The smallest absolute Gasteiger partial charge is 0.0110 e. The van der Waals surface area contributed by atoms with Crippen LogP contribution >= 0.6 is 0 Å². The molecule has 1 heterocycles. The molecule has 3 nitrogen and oxygen atoms in total. The second kappa shape index (κ2) is 7.25. The highest BCUT2D eigenvalue weighted by Crippen LogP contribution is 2.06. The molecule has 2 atom stereocenters. The lowest BCUT2D eigenvalue weighted by Gasteiger charge is -2.32. The minimum absolute atomic E-state index is 0.650. The van der Waals surface area contributed by atoms with Gasteiger partial charge in [-0.15, -0.1) is 0 Å². The van der Waals surface area contributed by atoms with Crippen LogP contribution in [0.3, 0.4) is 0 Å². The lowest BCUT2D eigenvalue weighted by molar-refractivity contribution is 0.153. The average Bonchev–Trinajstić information content (AvgIpc) is 2.30. The lowest BCUT2D eigenvalue weighted by atomic mass is 10.0. The second-order valence-corrected chi connectivity index (χ2v) is 5.27. The van der Waals surface area contributed by atoms with Crippen molar-refractivity contribution in [1.29, 1.82) is 0 Å². The number of hydrogen-bond acceptors (Lipinski definition) is 3. The van der Waals surface area contributed by atoms with Crippen LogP contribution in [0.1, 0.15) is 27.2 Å². The Balaban J connectivity index is 2.06. The molecule has 1 fully saturated rings. The van der Waals surface area contributed by atoms with E-state index < -0.39 is 0 Å². The van der Waals surface area contributed by atoms with Gasteiger partial charge in [0.05, 0.1) is 0 Å². The number of nitrogens with one attached hydrogen (secondary N) is 1. The highest BCUT2D eigenvalue weighted by molar-refractivity contribution is 4.72. The van der Waals surface area contributed by atoms with Crippen LogP contribution in [0.4, 0.5) is 0 Å². The Bertz CT molecular complexity index is 176. The maximum absolute atomic E-state index is 3.64. The first-order valence-corrected chi connectivity index (χ1v) is 6.77. The number of hydrogen-bond donors (Lipinski definition) is 1. The van der Waals surface area contributed by atoms with Crippen LogP contribution in [-0.4, -0.2) is 62.2 Å². The van der Waals surface area contributed by atoms with Crippen molar-refractivity contribution >= 4 is 0 Å². The van der Waals surface area contributed by atoms with E-state index in [9.17, 15) is 0 Å². The van der Waals surface area contributed by atoms with Gasteiger partial charge in [0.1, 0.15) is 0 Å². The summed E-state index contributed by atoms with van der Waals surface area (Å²) in [6, 6.07) is 0.650. The number of nitrogens with zero attached hydrogens (tertiary/aromatic N) is 2. The molecule has 1 N–H and O–H groups in total. The maximum Gasteiger partial charge on any atom is 0.0110 e. The largest absolute Gasteiger partial charge is 0.313 e. The van der Waals surface area contributed by atoms with Crippen LogP contribution in [0.15, 0.2) is 0 Å². The molecule has 3 heteroatoms. The van der Waals surface area contributed by atoms with Crippen LogP contribution < -0.4 is 5.32 Å². The van der Waals surface area contributed by atoms with E-state index in [1.54, 1.807) is 0 Å². The minimum atomic E-state index is 0.650. The molecule has 0 bridgehead atoms. The molecule has 2 unspecified atom stereocenters. The second-order valence-electron chi connectivity index (χ2n) is 5.27. The van der Waals surface area contributed by atoms with E-state index in [2.05, 4.69) is 42.9 Å². The summed E-state index contributed by atoms with van der Waals surface area (Å²) in [5.74, 6) is 0.785. The van der Waals surface area contributed by atoms with Gasteiger partial charge in [-0.3, -0.25) is 4.90 Å². The summed E-state index contributed by atoms with van der Waals surface area (Å²) in [5.41, 5.74) is 0. The molecule has 16 heavy (non-hydrogen) atoms. The van der Waals surface area contributed by atoms with E-state index >= 15 is 0 Å². The summed E-state index contributed by atoms with van der Waals surface area (Å²) in [6.45, 7) is 14.1. The normalized spacial score (nSPS) is 23.2. The van der Waals surface area contributed by atoms with Gasteiger partial charge in [0.2, 0.25) is 0 Å². The van der Waals surface area contributed by atoms with Crippen molar-refractivity contribution in [2.24, 2.45) is 5.92 Å². The maximum atomic E-state index is 3.64. The predicted molar refractivity (Wildman–Crippen MR) is 70.9 cm³/mol. The van der Waals surface area contributed by atoms with Gasteiger partial charge in [0.25, 0.3) is 0 Å². The fraction of sp³-hybridized carbons (Fsp3) is 1.00. The third-order valence-electron chi connectivity index (χ3n) is 3.99. The van der Waals surface area contributed by atoms with Crippen LogP contribution in [-0.2, 0) is 0 Å². The zero-order valence-corrected chi connectivity index (χ0v) is 11.5. The van der Waals surface area contributed by atoms with Crippen LogP contribution in [0.2, 0.25) is 0 Å². The molecule has 96 valence electrons. The van der Waals surface area contributed by atoms with E-state index in [-0.39, 0.29) is 0 Å². The molecule has 0 spiro atoms. The Morgan fingerprint density at radius 1 is 1.12 bits per heavy atom. The molecule has 0 amide bonds. The third-order valence-corrected chi connectivity index (χ3v) is 3.99. The van der Waals surface area contributed by atoms with Crippen molar-refractivity contribution in [2.45, 2.75) is 33.2 Å². The van der Waals surface area contributed by atoms with E-state index in [1.165, 1.54) is 39.1 Å². The van der Waals surface area contributed by atoms with Gasteiger partial charge in [-0.05, 0) is 19.9 Å². The number of piperazine rings is 1. The standard InChI is InChI=1S/C13H29N3/c1-5-12(2)13(3)14-6-7-16-10-8-15(4)9-11-16/h12-14H,5-11H2,1-4H3. The first kappa shape index (κ1) is 13.9. The number of likely N-dealkylation sites (N-methyl/N-ethyl adjacent to an activating group) is 1. The quantitative estimate of drug-likeness (QED) is 0.737. The molecule has 0 aromatic carbocycles. The van der Waals surface area contributed by atoms with Gasteiger partial charge >= 0.3 is 0 Å². The predicted octanol–water partition coefficient (Wildman–Crippen LogP) is 1.26. The Morgan fingerprint density at radius 2 is 1.75 bits per heavy atom. The first-order valence-electron chi connectivity index (χ1n) is 6.77. The molecule has 0 radical (unpaired) electrons. The van der Waals surface area contributed by atoms with Crippen molar-refractivity contribution in [2.75, 3.05) is 46.3 Å². The van der Waals surface area contributed by atoms with Crippen LogP contribution in [0.25, 0.3) is 0 Å². The van der Waals surface area contributed by atoms with Gasteiger partial charge in [-0.2, -0.15) is 0 Å². The van der Waals surface area contributed by atoms with Gasteiger partial charge in [0.15, 0.2) is 0 Å². The zero-order chi connectivity index (χ0) is 12.0. The molecule has 1 aliphatic rings. The fourth-order valence-electron chi connectivity index (χ4n) is 2.08. The van der Waals surface area contributed by atoms with Crippen molar-refractivity contribution in [3.63, 3.8) is 0 Å². The topological polar surface area (TPSA) is 18.5 Å². The van der Waals surface area contributed by atoms with Gasteiger partial charge in [0, 0.05) is 45.3 Å². The molecular weight excluding hydrogens is 198 g/mol. The van der Waals surface area contributed by atoms with E-state index in [0.29, 0.717) is 6.04 Å². The molecule has 0 aromatic rings. The summed E-state index contributed by atoms with van der Waals surface area (Å²) in [5, 5.41) is 3.64. The third kappa shape index (κ3) is 4.81.